The van der Waals surface area contributed by atoms with Gasteiger partial charge in [0.05, 0.1) is 6.61 Å². The van der Waals surface area contributed by atoms with Gasteiger partial charge in [0.1, 0.15) is 5.54 Å². The molecule has 3 rings (SSSR count). The number of likely N-dealkylation sites (N-methyl/N-ethyl adjacent to an activating group) is 1. The molecule has 0 aromatic heterocycles. The molecule has 0 unspecified atom stereocenters. The van der Waals surface area contributed by atoms with Crippen LogP contribution in [-0.2, 0) is 9.59 Å². The van der Waals surface area contributed by atoms with E-state index in [0.717, 1.165) is 51.6 Å². The quantitative estimate of drug-likeness (QED) is 0.543. The van der Waals surface area contributed by atoms with Gasteiger partial charge in [-0.05, 0) is 71.1 Å². The molecule has 2 aliphatic rings. The van der Waals surface area contributed by atoms with Gasteiger partial charge in [-0.15, -0.1) is 0 Å². The number of hydrogen-bond acceptors (Lipinski definition) is 5. The number of carbonyl (C=O) groups excluding carboxylic acids is 3. The molecule has 1 aromatic carbocycles. The van der Waals surface area contributed by atoms with Gasteiger partial charge in [-0.1, -0.05) is 19.3 Å². The lowest BCUT2D eigenvalue weighted by Crippen LogP contribution is -2.60. The highest BCUT2D eigenvalue weighted by atomic mass is 16.5. The van der Waals surface area contributed by atoms with E-state index < -0.39 is 5.54 Å². The first-order chi connectivity index (χ1) is 16.9. The summed E-state index contributed by atoms with van der Waals surface area (Å²) in [4.78, 5) is 42.8. The molecule has 2 fully saturated rings. The lowest BCUT2D eigenvalue weighted by atomic mass is 9.80. The molecule has 194 valence electrons. The fraction of sp³-hybridized carbons (Fsp3) is 0.667. The number of piperidine rings is 1. The highest BCUT2D eigenvalue weighted by Crippen LogP contribution is 2.32. The van der Waals surface area contributed by atoms with Crippen molar-refractivity contribution in [1.29, 1.82) is 0 Å². The summed E-state index contributed by atoms with van der Waals surface area (Å²) < 4.78 is 11.5. The summed E-state index contributed by atoms with van der Waals surface area (Å²) in [6.45, 7) is 8.88. The van der Waals surface area contributed by atoms with Crippen LogP contribution in [0.3, 0.4) is 0 Å². The Balaban J connectivity index is 1.74. The molecule has 1 aliphatic carbocycles. The second-order valence-electron chi connectivity index (χ2n) is 9.40. The Labute approximate surface area is 209 Å². The van der Waals surface area contributed by atoms with E-state index in [4.69, 9.17) is 9.47 Å². The maximum Gasteiger partial charge on any atom is 0.260 e. The zero-order chi connectivity index (χ0) is 25.3. The standard InChI is InChI=1S/C27H41N3O5/c1-4-29(5-2)26(33)27(15-9-7-10-16-27)28-25(32)21-13-14-22(23(19-21)34-6-3)35-20-24(31)30-17-11-8-12-18-30/h13-14,19H,4-12,15-18,20H2,1-3H3,(H,28,32). The summed E-state index contributed by atoms with van der Waals surface area (Å²) in [5.74, 6) is 0.504. The van der Waals surface area contributed by atoms with E-state index in [1.165, 1.54) is 0 Å². The largest absolute Gasteiger partial charge is 0.490 e. The lowest BCUT2D eigenvalue weighted by molar-refractivity contribution is -0.139. The normalized spacial score (nSPS) is 17.4. The van der Waals surface area contributed by atoms with Crippen LogP contribution < -0.4 is 14.8 Å². The minimum Gasteiger partial charge on any atom is -0.490 e. The zero-order valence-electron chi connectivity index (χ0n) is 21.6. The SMILES string of the molecule is CCOc1cc(C(=O)NC2(C(=O)N(CC)CC)CCCCC2)ccc1OCC(=O)N1CCCCC1. The smallest absolute Gasteiger partial charge is 0.260 e. The molecule has 0 bridgehead atoms. The molecule has 8 heteroatoms. The summed E-state index contributed by atoms with van der Waals surface area (Å²) >= 11 is 0. The van der Waals surface area contributed by atoms with E-state index in [1.807, 2.05) is 25.7 Å². The Hall–Kier alpha value is -2.77. The molecule has 1 saturated heterocycles. The third kappa shape index (κ3) is 6.67. The van der Waals surface area contributed by atoms with Crippen molar-refractivity contribution in [2.24, 2.45) is 0 Å². The number of carbonyl (C=O) groups is 3. The van der Waals surface area contributed by atoms with Crippen molar-refractivity contribution in [3.8, 4) is 11.5 Å². The number of benzene rings is 1. The first-order valence-electron chi connectivity index (χ1n) is 13.2. The molecule has 0 atom stereocenters. The van der Waals surface area contributed by atoms with Gasteiger partial charge in [-0.2, -0.15) is 0 Å². The molecule has 8 nitrogen and oxygen atoms in total. The summed E-state index contributed by atoms with van der Waals surface area (Å²) in [5, 5.41) is 3.09. The maximum absolute atomic E-state index is 13.4. The van der Waals surface area contributed by atoms with Gasteiger partial charge in [-0.25, -0.2) is 0 Å². The third-order valence-corrected chi connectivity index (χ3v) is 7.09. The monoisotopic (exact) mass is 487 g/mol. The molecular weight excluding hydrogens is 446 g/mol. The van der Waals surface area contributed by atoms with E-state index in [1.54, 1.807) is 23.1 Å². The van der Waals surface area contributed by atoms with Crippen molar-refractivity contribution in [2.45, 2.75) is 77.7 Å². The number of rotatable bonds is 10. The van der Waals surface area contributed by atoms with Gasteiger partial charge in [0, 0.05) is 31.7 Å². The second kappa shape index (κ2) is 12.8. The van der Waals surface area contributed by atoms with E-state index in [-0.39, 0.29) is 24.3 Å². The highest BCUT2D eigenvalue weighted by molar-refractivity contribution is 5.99. The summed E-state index contributed by atoms with van der Waals surface area (Å²) in [6.07, 6.45) is 7.39. The first-order valence-corrected chi connectivity index (χ1v) is 13.2. The van der Waals surface area contributed by atoms with Crippen molar-refractivity contribution in [1.82, 2.24) is 15.1 Å². The van der Waals surface area contributed by atoms with Crippen LogP contribution in [0.5, 0.6) is 11.5 Å². The molecule has 0 spiro atoms. The number of likely N-dealkylation sites (tertiary alicyclic amines) is 1. The van der Waals surface area contributed by atoms with Gasteiger partial charge in [0.15, 0.2) is 18.1 Å². The topological polar surface area (TPSA) is 88.2 Å². The maximum atomic E-state index is 13.4. The number of hydrogen-bond donors (Lipinski definition) is 1. The van der Waals surface area contributed by atoms with Gasteiger partial charge in [0.25, 0.3) is 11.8 Å². The number of amides is 3. The second-order valence-corrected chi connectivity index (χ2v) is 9.40. The van der Waals surface area contributed by atoms with Crippen molar-refractivity contribution in [3.05, 3.63) is 23.8 Å². The first kappa shape index (κ1) is 26.8. The van der Waals surface area contributed by atoms with Crippen LogP contribution in [0, 0.1) is 0 Å². The predicted molar refractivity (Wildman–Crippen MR) is 135 cm³/mol. The van der Waals surface area contributed by atoms with Crippen LogP contribution in [0.4, 0.5) is 0 Å². The van der Waals surface area contributed by atoms with Crippen molar-refractivity contribution >= 4 is 17.7 Å². The Morgan fingerprint density at radius 1 is 0.914 bits per heavy atom. The van der Waals surface area contributed by atoms with Crippen molar-refractivity contribution < 1.29 is 23.9 Å². The molecule has 1 aliphatic heterocycles. The average molecular weight is 488 g/mol. The molecule has 35 heavy (non-hydrogen) atoms. The summed E-state index contributed by atoms with van der Waals surface area (Å²) in [6, 6.07) is 4.97. The molecule has 1 saturated carbocycles. The lowest BCUT2D eigenvalue weighted by Gasteiger charge is -2.40. The molecule has 1 aromatic rings. The van der Waals surface area contributed by atoms with Crippen molar-refractivity contribution in [2.75, 3.05) is 39.4 Å². The van der Waals surface area contributed by atoms with E-state index >= 15 is 0 Å². The Bertz CT molecular complexity index is 872. The molecular formula is C27H41N3O5. The van der Waals surface area contributed by atoms with Crippen LogP contribution in [-0.4, -0.2) is 72.5 Å². The predicted octanol–water partition coefficient (Wildman–Crippen LogP) is 3.78. The fourth-order valence-corrected chi connectivity index (χ4v) is 5.06. The molecule has 0 radical (unpaired) electrons. The molecule has 3 amide bonds. The number of nitrogens with one attached hydrogen (secondary N) is 1. The van der Waals surface area contributed by atoms with Crippen LogP contribution in [0.15, 0.2) is 18.2 Å². The van der Waals surface area contributed by atoms with Crippen LogP contribution >= 0.6 is 0 Å². The summed E-state index contributed by atoms with van der Waals surface area (Å²) in [5.41, 5.74) is -0.469. The Kier molecular flexibility index (Phi) is 9.81. The van der Waals surface area contributed by atoms with Crippen LogP contribution in [0.1, 0.15) is 82.5 Å². The zero-order valence-corrected chi connectivity index (χ0v) is 21.6. The third-order valence-electron chi connectivity index (χ3n) is 7.09. The summed E-state index contributed by atoms with van der Waals surface area (Å²) in [7, 11) is 0. The Morgan fingerprint density at radius 3 is 2.20 bits per heavy atom. The number of nitrogens with zero attached hydrogens (tertiary/aromatic N) is 2. The van der Waals surface area contributed by atoms with Gasteiger partial charge in [-0.3, -0.25) is 14.4 Å². The Morgan fingerprint density at radius 2 is 1.57 bits per heavy atom. The van der Waals surface area contributed by atoms with Gasteiger partial charge >= 0.3 is 0 Å². The van der Waals surface area contributed by atoms with Gasteiger partial charge < -0.3 is 24.6 Å². The van der Waals surface area contributed by atoms with Gasteiger partial charge in [0.2, 0.25) is 5.91 Å². The highest BCUT2D eigenvalue weighted by Gasteiger charge is 2.43. The average Bonchev–Trinajstić information content (AvgIpc) is 2.89. The number of ether oxygens (including phenoxy) is 2. The van der Waals surface area contributed by atoms with E-state index in [0.29, 0.717) is 49.6 Å². The van der Waals surface area contributed by atoms with Crippen LogP contribution in [0.25, 0.3) is 0 Å². The minimum atomic E-state index is -0.872. The molecule has 1 N–H and O–H groups in total. The fourth-order valence-electron chi connectivity index (χ4n) is 5.06. The van der Waals surface area contributed by atoms with Crippen LogP contribution in [0.2, 0.25) is 0 Å². The molecule has 1 heterocycles. The van der Waals surface area contributed by atoms with E-state index in [2.05, 4.69) is 5.32 Å². The van der Waals surface area contributed by atoms with Crippen molar-refractivity contribution in [3.63, 3.8) is 0 Å². The minimum absolute atomic E-state index is 0.00300. The van der Waals surface area contributed by atoms with E-state index in [9.17, 15) is 14.4 Å².